The lowest BCUT2D eigenvalue weighted by Gasteiger charge is -2.20. The van der Waals surface area contributed by atoms with Crippen LogP contribution >= 0.6 is 23.2 Å². The van der Waals surface area contributed by atoms with E-state index in [0.717, 1.165) is 56.0 Å². The molecule has 26 heavy (non-hydrogen) atoms. The van der Waals surface area contributed by atoms with Crippen molar-refractivity contribution in [1.29, 1.82) is 0 Å². The minimum Gasteiger partial charge on any atom is -0.315 e. The average Bonchev–Trinajstić information content (AvgIpc) is 2.80. The van der Waals surface area contributed by atoms with Crippen molar-refractivity contribution in [2.45, 2.75) is 19.9 Å². The topological polar surface area (TPSA) is 32.6 Å². The van der Waals surface area contributed by atoms with Crippen LogP contribution < -0.4 is 5.32 Å². The van der Waals surface area contributed by atoms with Gasteiger partial charge in [-0.15, -0.1) is 0 Å². The Morgan fingerprint density at radius 1 is 1.08 bits per heavy atom. The number of pyridine rings is 1. The van der Waals surface area contributed by atoms with Crippen LogP contribution in [0, 0.1) is 6.92 Å². The molecule has 1 aliphatic rings. The summed E-state index contributed by atoms with van der Waals surface area (Å²) in [6.45, 7) is 7.22. The standard InChI is InChI=1S/C20H22Cl2N4/c1-14-3-6-19-24-20(15-4-5-16(21)17(22)11-15)18(26(19)12-14)13-25-9-2-7-23-8-10-25/h3-6,11-12,23H,2,7-10,13H2,1H3. The second-order valence-electron chi connectivity index (χ2n) is 6.85. The third-order valence-corrected chi connectivity index (χ3v) is 5.60. The largest absolute Gasteiger partial charge is 0.315 e. The highest BCUT2D eigenvalue weighted by Crippen LogP contribution is 2.31. The Balaban J connectivity index is 1.81. The van der Waals surface area contributed by atoms with Gasteiger partial charge in [0.15, 0.2) is 0 Å². The molecule has 0 atom stereocenters. The zero-order chi connectivity index (χ0) is 18.1. The maximum atomic E-state index is 6.27. The van der Waals surface area contributed by atoms with Crippen LogP contribution in [-0.4, -0.2) is 40.5 Å². The number of imidazole rings is 1. The van der Waals surface area contributed by atoms with Crippen LogP contribution in [-0.2, 0) is 6.54 Å². The number of nitrogens with zero attached hydrogens (tertiary/aromatic N) is 3. The summed E-state index contributed by atoms with van der Waals surface area (Å²) in [5.74, 6) is 0. The van der Waals surface area contributed by atoms with Gasteiger partial charge in [-0.05, 0) is 50.2 Å². The number of benzene rings is 1. The number of nitrogens with one attached hydrogen (secondary N) is 1. The highest BCUT2D eigenvalue weighted by molar-refractivity contribution is 6.42. The first kappa shape index (κ1) is 17.8. The lowest BCUT2D eigenvalue weighted by molar-refractivity contribution is 0.281. The first-order valence-corrected chi connectivity index (χ1v) is 9.73. The van der Waals surface area contributed by atoms with Crippen molar-refractivity contribution < 1.29 is 0 Å². The Morgan fingerprint density at radius 3 is 2.81 bits per heavy atom. The minimum atomic E-state index is 0.558. The molecule has 0 amide bonds. The summed E-state index contributed by atoms with van der Waals surface area (Å²) in [5.41, 5.74) is 5.35. The first-order chi connectivity index (χ1) is 12.6. The van der Waals surface area contributed by atoms with E-state index in [0.29, 0.717) is 10.0 Å². The molecule has 1 aliphatic heterocycles. The highest BCUT2D eigenvalue weighted by Gasteiger charge is 2.18. The van der Waals surface area contributed by atoms with Crippen molar-refractivity contribution in [2.75, 3.05) is 26.2 Å². The predicted molar refractivity (Wildman–Crippen MR) is 108 cm³/mol. The van der Waals surface area contributed by atoms with E-state index in [2.05, 4.69) is 39.9 Å². The van der Waals surface area contributed by atoms with Crippen LogP contribution in [0.4, 0.5) is 0 Å². The fourth-order valence-electron chi connectivity index (χ4n) is 3.50. The molecular formula is C20H22Cl2N4. The molecule has 3 aromatic rings. The third kappa shape index (κ3) is 3.60. The van der Waals surface area contributed by atoms with Crippen molar-refractivity contribution in [1.82, 2.24) is 19.6 Å². The molecule has 0 saturated carbocycles. The van der Waals surface area contributed by atoms with Crippen molar-refractivity contribution in [3.05, 3.63) is 57.8 Å². The summed E-state index contributed by atoms with van der Waals surface area (Å²) < 4.78 is 2.21. The number of aromatic nitrogens is 2. The normalized spacial score (nSPS) is 16.1. The average molecular weight is 389 g/mol. The summed E-state index contributed by atoms with van der Waals surface area (Å²) >= 11 is 12.4. The van der Waals surface area contributed by atoms with Gasteiger partial charge in [-0.2, -0.15) is 0 Å². The molecule has 2 aromatic heterocycles. The molecule has 0 radical (unpaired) electrons. The van der Waals surface area contributed by atoms with Crippen LogP contribution in [0.1, 0.15) is 17.7 Å². The Morgan fingerprint density at radius 2 is 1.96 bits per heavy atom. The van der Waals surface area contributed by atoms with E-state index >= 15 is 0 Å². The molecule has 4 rings (SSSR count). The van der Waals surface area contributed by atoms with E-state index in [1.807, 2.05) is 18.2 Å². The van der Waals surface area contributed by atoms with E-state index < -0.39 is 0 Å². The predicted octanol–water partition coefficient (Wildman–Crippen LogP) is 4.41. The van der Waals surface area contributed by atoms with E-state index in [1.165, 1.54) is 11.3 Å². The molecule has 0 aliphatic carbocycles. The fourth-order valence-corrected chi connectivity index (χ4v) is 3.79. The van der Waals surface area contributed by atoms with Gasteiger partial charge >= 0.3 is 0 Å². The number of halogens is 2. The van der Waals surface area contributed by atoms with Gasteiger partial charge in [0.1, 0.15) is 5.65 Å². The van der Waals surface area contributed by atoms with Gasteiger partial charge in [0.25, 0.3) is 0 Å². The summed E-state index contributed by atoms with van der Waals surface area (Å²) in [6, 6.07) is 9.92. The van der Waals surface area contributed by atoms with Gasteiger partial charge in [-0.25, -0.2) is 4.98 Å². The van der Waals surface area contributed by atoms with Crippen LogP contribution in [0.25, 0.3) is 16.9 Å². The van der Waals surface area contributed by atoms with Gasteiger partial charge in [0.2, 0.25) is 0 Å². The maximum absolute atomic E-state index is 6.27. The lowest BCUT2D eigenvalue weighted by Crippen LogP contribution is -2.28. The van der Waals surface area contributed by atoms with Crippen LogP contribution in [0.2, 0.25) is 10.0 Å². The highest BCUT2D eigenvalue weighted by atomic mass is 35.5. The molecule has 4 nitrogen and oxygen atoms in total. The Labute approximate surface area is 163 Å². The van der Waals surface area contributed by atoms with Crippen molar-refractivity contribution in [2.24, 2.45) is 0 Å². The summed E-state index contributed by atoms with van der Waals surface area (Å²) in [7, 11) is 0. The van der Waals surface area contributed by atoms with E-state index in [1.54, 1.807) is 0 Å². The smallest absolute Gasteiger partial charge is 0.137 e. The molecule has 1 fully saturated rings. The van der Waals surface area contributed by atoms with Gasteiger partial charge in [-0.1, -0.05) is 35.3 Å². The zero-order valence-corrected chi connectivity index (χ0v) is 16.3. The molecule has 0 bridgehead atoms. The number of hydrogen-bond donors (Lipinski definition) is 1. The molecule has 136 valence electrons. The van der Waals surface area contributed by atoms with Gasteiger partial charge in [0.05, 0.1) is 21.4 Å². The molecule has 6 heteroatoms. The van der Waals surface area contributed by atoms with E-state index in [9.17, 15) is 0 Å². The van der Waals surface area contributed by atoms with Crippen LogP contribution in [0.15, 0.2) is 36.5 Å². The zero-order valence-electron chi connectivity index (χ0n) is 14.8. The second-order valence-corrected chi connectivity index (χ2v) is 7.66. The van der Waals surface area contributed by atoms with Gasteiger partial charge in [0, 0.05) is 31.4 Å². The van der Waals surface area contributed by atoms with E-state index in [4.69, 9.17) is 28.2 Å². The molecule has 0 spiro atoms. The Hall–Kier alpha value is -1.59. The molecule has 1 saturated heterocycles. The minimum absolute atomic E-state index is 0.558. The van der Waals surface area contributed by atoms with Crippen molar-refractivity contribution >= 4 is 28.8 Å². The first-order valence-electron chi connectivity index (χ1n) is 8.98. The van der Waals surface area contributed by atoms with Crippen molar-refractivity contribution in [3.8, 4) is 11.3 Å². The number of fused-ring (bicyclic) bond motifs is 1. The van der Waals surface area contributed by atoms with Gasteiger partial charge in [-0.3, -0.25) is 4.90 Å². The molecule has 0 unspecified atom stereocenters. The third-order valence-electron chi connectivity index (χ3n) is 4.86. The Bertz CT molecular complexity index is 927. The summed E-state index contributed by atoms with van der Waals surface area (Å²) in [6.07, 6.45) is 3.33. The molecular weight excluding hydrogens is 367 g/mol. The molecule has 1 aromatic carbocycles. The number of rotatable bonds is 3. The van der Waals surface area contributed by atoms with Crippen LogP contribution in [0.3, 0.4) is 0 Å². The van der Waals surface area contributed by atoms with Crippen molar-refractivity contribution in [3.63, 3.8) is 0 Å². The maximum Gasteiger partial charge on any atom is 0.137 e. The Kier molecular flexibility index (Phi) is 5.18. The monoisotopic (exact) mass is 388 g/mol. The van der Waals surface area contributed by atoms with Gasteiger partial charge < -0.3 is 9.72 Å². The lowest BCUT2D eigenvalue weighted by atomic mass is 10.1. The SMILES string of the molecule is Cc1ccc2nc(-c3ccc(Cl)c(Cl)c3)c(CN3CCCNCC3)n2c1. The molecule has 3 heterocycles. The quantitative estimate of drug-likeness (QED) is 0.720. The fraction of sp³-hybridized carbons (Fsp3) is 0.350. The summed E-state index contributed by atoms with van der Waals surface area (Å²) in [4.78, 5) is 7.40. The number of aryl methyl sites for hydroxylation is 1. The molecule has 1 N–H and O–H groups in total. The number of hydrogen-bond acceptors (Lipinski definition) is 3. The summed E-state index contributed by atoms with van der Waals surface area (Å²) in [5, 5.41) is 4.59. The van der Waals surface area contributed by atoms with E-state index in [-0.39, 0.29) is 0 Å². The van der Waals surface area contributed by atoms with Crippen LogP contribution in [0.5, 0.6) is 0 Å². The second kappa shape index (κ2) is 7.57.